The number of hydrogen-bond donors (Lipinski definition) is 1. The molecule has 0 saturated carbocycles. The third-order valence-corrected chi connectivity index (χ3v) is 4.26. The van der Waals surface area contributed by atoms with Gasteiger partial charge in [0.15, 0.2) is 0 Å². The van der Waals surface area contributed by atoms with Crippen LogP contribution in [-0.2, 0) is 0 Å². The van der Waals surface area contributed by atoms with E-state index in [9.17, 15) is 10.1 Å². The fourth-order valence-corrected chi connectivity index (χ4v) is 3.12. The summed E-state index contributed by atoms with van der Waals surface area (Å²) in [5.74, 6) is -0.303. The number of fused-ring (bicyclic) bond motifs is 1. The number of para-hydroxylation sites is 1. The number of H-pyrrole nitrogens is 1. The van der Waals surface area contributed by atoms with Gasteiger partial charge in [0.05, 0.1) is 5.92 Å². The van der Waals surface area contributed by atoms with Gasteiger partial charge < -0.3 is 4.98 Å². The van der Waals surface area contributed by atoms with Crippen molar-refractivity contribution in [3.63, 3.8) is 0 Å². The van der Waals surface area contributed by atoms with Crippen molar-refractivity contribution in [1.82, 2.24) is 4.98 Å². The van der Waals surface area contributed by atoms with E-state index in [1.54, 1.807) is 0 Å². The Balaban J connectivity index is 2.11. The molecule has 1 atom stereocenters. The van der Waals surface area contributed by atoms with Crippen molar-refractivity contribution in [3.05, 3.63) is 80.4 Å². The van der Waals surface area contributed by atoms with Crippen LogP contribution in [-0.4, -0.2) is 16.5 Å². The number of nitrogens with one attached hydrogen (secondary N) is 1. The van der Waals surface area contributed by atoms with E-state index in [-0.39, 0.29) is 17.4 Å². The first-order valence-corrected chi connectivity index (χ1v) is 7.38. The summed E-state index contributed by atoms with van der Waals surface area (Å²) in [6.07, 6.45) is 0. The van der Waals surface area contributed by atoms with Crippen LogP contribution < -0.4 is 0 Å². The number of nitro groups is 1. The summed E-state index contributed by atoms with van der Waals surface area (Å²) in [6, 6.07) is 17.5. The number of hydrogen-bond acceptors (Lipinski definition) is 2. The lowest BCUT2D eigenvalue weighted by Gasteiger charge is -2.13. The van der Waals surface area contributed by atoms with Crippen molar-refractivity contribution in [2.24, 2.45) is 0 Å². The van der Waals surface area contributed by atoms with Gasteiger partial charge in [0.2, 0.25) is 6.54 Å². The molecule has 0 amide bonds. The van der Waals surface area contributed by atoms with Crippen LogP contribution in [0.3, 0.4) is 0 Å². The molecule has 0 aliphatic rings. The van der Waals surface area contributed by atoms with E-state index >= 15 is 0 Å². The van der Waals surface area contributed by atoms with Crippen LogP contribution in [0.2, 0.25) is 0 Å². The van der Waals surface area contributed by atoms with E-state index < -0.39 is 0 Å². The lowest BCUT2D eigenvalue weighted by Crippen LogP contribution is -2.14. The van der Waals surface area contributed by atoms with Crippen LogP contribution >= 0.6 is 15.9 Å². The first-order valence-electron chi connectivity index (χ1n) is 6.59. The molecule has 0 unspecified atom stereocenters. The molecule has 0 saturated heterocycles. The van der Waals surface area contributed by atoms with Crippen molar-refractivity contribution < 1.29 is 4.92 Å². The topological polar surface area (TPSA) is 58.9 Å². The highest BCUT2D eigenvalue weighted by molar-refractivity contribution is 9.10. The first kappa shape index (κ1) is 13.8. The SMILES string of the molecule is O=[N+]([O-])C[C@@H](c1cc2ccccc2[nH]1)c1ccccc1Br. The molecule has 21 heavy (non-hydrogen) atoms. The van der Waals surface area contributed by atoms with E-state index in [0.29, 0.717) is 0 Å². The molecular weight excluding hydrogens is 332 g/mol. The lowest BCUT2D eigenvalue weighted by molar-refractivity contribution is -0.482. The largest absolute Gasteiger partial charge is 0.358 e. The van der Waals surface area contributed by atoms with Gasteiger partial charge in [-0.2, -0.15) is 0 Å². The zero-order chi connectivity index (χ0) is 14.8. The van der Waals surface area contributed by atoms with Crippen molar-refractivity contribution >= 4 is 26.8 Å². The summed E-state index contributed by atoms with van der Waals surface area (Å²) in [5.41, 5.74) is 2.77. The molecule has 3 rings (SSSR count). The molecule has 3 aromatic rings. The second-order valence-electron chi connectivity index (χ2n) is 4.90. The minimum Gasteiger partial charge on any atom is -0.358 e. The highest BCUT2D eigenvalue weighted by atomic mass is 79.9. The molecule has 4 nitrogen and oxygen atoms in total. The maximum Gasteiger partial charge on any atom is 0.216 e. The number of rotatable bonds is 4. The molecule has 1 N–H and O–H groups in total. The third kappa shape index (κ3) is 2.83. The van der Waals surface area contributed by atoms with Gasteiger partial charge in [-0.1, -0.05) is 52.3 Å². The average molecular weight is 345 g/mol. The van der Waals surface area contributed by atoms with Crippen LogP contribution in [0.4, 0.5) is 0 Å². The normalized spacial score (nSPS) is 12.4. The fourth-order valence-electron chi connectivity index (χ4n) is 2.55. The second-order valence-corrected chi connectivity index (χ2v) is 5.76. The van der Waals surface area contributed by atoms with Gasteiger partial charge in [-0.05, 0) is 29.1 Å². The van der Waals surface area contributed by atoms with Crippen molar-refractivity contribution in [3.8, 4) is 0 Å². The van der Waals surface area contributed by atoms with Crippen LogP contribution in [0, 0.1) is 10.1 Å². The van der Waals surface area contributed by atoms with E-state index in [2.05, 4.69) is 20.9 Å². The Kier molecular flexibility index (Phi) is 3.75. The maximum absolute atomic E-state index is 11.1. The smallest absolute Gasteiger partial charge is 0.216 e. The number of aromatic amines is 1. The van der Waals surface area contributed by atoms with E-state index in [1.807, 2.05) is 54.6 Å². The van der Waals surface area contributed by atoms with Gasteiger partial charge in [0.25, 0.3) is 0 Å². The lowest BCUT2D eigenvalue weighted by atomic mass is 9.96. The van der Waals surface area contributed by atoms with Gasteiger partial charge in [0.1, 0.15) is 0 Å². The van der Waals surface area contributed by atoms with Crippen LogP contribution in [0.5, 0.6) is 0 Å². The number of halogens is 1. The fraction of sp³-hybridized carbons (Fsp3) is 0.125. The Morgan fingerprint density at radius 1 is 1.14 bits per heavy atom. The standard InChI is InChI=1S/C16H13BrN2O2/c17-14-7-3-2-6-12(14)13(10-19(20)21)16-9-11-5-1-4-8-15(11)18-16/h1-9,13,18H,10H2/t13-/m1/s1. The minimum atomic E-state index is -0.303. The summed E-state index contributed by atoms with van der Waals surface area (Å²) in [7, 11) is 0. The molecule has 1 heterocycles. The Labute approximate surface area is 130 Å². The van der Waals surface area contributed by atoms with E-state index in [4.69, 9.17) is 0 Å². The van der Waals surface area contributed by atoms with Crippen LogP contribution in [0.1, 0.15) is 17.2 Å². The van der Waals surface area contributed by atoms with Gasteiger partial charge >= 0.3 is 0 Å². The molecule has 0 bridgehead atoms. The van der Waals surface area contributed by atoms with Gasteiger partial charge in [-0.25, -0.2) is 0 Å². The highest BCUT2D eigenvalue weighted by Gasteiger charge is 2.23. The maximum atomic E-state index is 11.1. The zero-order valence-electron chi connectivity index (χ0n) is 11.1. The molecule has 0 aliphatic heterocycles. The zero-order valence-corrected chi connectivity index (χ0v) is 12.7. The second kappa shape index (κ2) is 5.69. The summed E-state index contributed by atoms with van der Waals surface area (Å²) in [4.78, 5) is 14.1. The predicted octanol–water partition coefficient (Wildman–Crippen LogP) is 4.34. The monoisotopic (exact) mass is 344 g/mol. The molecule has 0 radical (unpaired) electrons. The summed E-state index contributed by atoms with van der Waals surface area (Å²) < 4.78 is 0.885. The van der Waals surface area contributed by atoms with Crippen molar-refractivity contribution in [1.29, 1.82) is 0 Å². The Morgan fingerprint density at radius 3 is 2.57 bits per heavy atom. The first-order chi connectivity index (χ1) is 10.1. The summed E-state index contributed by atoms with van der Waals surface area (Å²) in [5, 5.41) is 12.1. The van der Waals surface area contributed by atoms with E-state index in [1.165, 1.54) is 0 Å². The van der Waals surface area contributed by atoms with Crippen molar-refractivity contribution in [2.75, 3.05) is 6.54 Å². The molecule has 5 heteroatoms. The van der Waals surface area contributed by atoms with Gasteiger partial charge in [-0.15, -0.1) is 0 Å². The number of aromatic nitrogens is 1. The molecule has 0 aliphatic carbocycles. The van der Waals surface area contributed by atoms with Crippen molar-refractivity contribution in [2.45, 2.75) is 5.92 Å². The Bertz CT molecular complexity index is 765. The highest BCUT2D eigenvalue weighted by Crippen LogP contribution is 2.31. The van der Waals surface area contributed by atoms with Crippen LogP contribution in [0.25, 0.3) is 10.9 Å². The van der Waals surface area contributed by atoms with Gasteiger partial charge in [-0.3, -0.25) is 10.1 Å². The molecule has 2 aromatic carbocycles. The van der Waals surface area contributed by atoms with Gasteiger partial charge in [0, 0.05) is 20.6 Å². The van der Waals surface area contributed by atoms with Crippen LogP contribution in [0.15, 0.2) is 59.1 Å². The predicted molar refractivity (Wildman–Crippen MR) is 86.1 cm³/mol. The van der Waals surface area contributed by atoms with E-state index in [0.717, 1.165) is 26.6 Å². The molecular formula is C16H13BrN2O2. The molecule has 0 fully saturated rings. The number of benzene rings is 2. The summed E-state index contributed by atoms with van der Waals surface area (Å²) in [6.45, 7) is -0.143. The number of nitrogens with zero attached hydrogens (tertiary/aromatic N) is 1. The Hall–Kier alpha value is -2.14. The average Bonchev–Trinajstić information content (AvgIpc) is 2.89. The Morgan fingerprint density at radius 2 is 1.86 bits per heavy atom. The quantitative estimate of drug-likeness (QED) is 0.565. The third-order valence-electron chi connectivity index (χ3n) is 3.54. The minimum absolute atomic E-state index is 0.143. The summed E-state index contributed by atoms with van der Waals surface area (Å²) >= 11 is 3.49. The molecule has 1 aromatic heterocycles. The molecule has 106 valence electrons. The molecule has 0 spiro atoms.